The number of aliphatic carboxylic acids is 1. The van der Waals surface area contributed by atoms with E-state index >= 15 is 0 Å². The molecule has 4 heteroatoms. The topological polar surface area (TPSA) is 61.1 Å². The molecular weight excluding hydrogens is 186 g/mol. The molecule has 0 spiro atoms. The normalized spacial score (nSPS) is 6.77. The molecule has 1 N–H and O–H groups in total. The van der Waals surface area contributed by atoms with Gasteiger partial charge >= 0.3 is 0 Å². The summed E-state index contributed by atoms with van der Waals surface area (Å²) in [6.45, 7) is 1.08. The van der Waals surface area contributed by atoms with Gasteiger partial charge in [-0.15, -0.1) is 0 Å². The van der Waals surface area contributed by atoms with E-state index in [4.69, 9.17) is 15.2 Å². The highest BCUT2D eigenvalue weighted by atomic mass is 32.1. The van der Waals surface area contributed by atoms with Crippen LogP contribution in [0.25, 0.3) is 0 Å². The van der Waals surface area contributed by atoms with Crippen LogP contribution in [0.2, 0.25) is 0 Å². The number of nitriles is 1. The first-order valence-electron chi connectivity index (χ1n) is 3.31. The third kappa shape index (κ3) is 10.5. The molecule has 0 aromatic heterocycles. The van der Waals surface area contributed by atoms with E-state index in [1.165, 1.54) is 0 Å². The number of carbonyl (C=O) groups is 1. The summed E-state index contributed by atoms with van der Waals surface area (Å²) < 4.78 is 0. The lowest BCUT2D eigenvalue weighted by Gasteiger charge is -1.80. The van der Waals surface area contributed by atoms with Crippen LogP contribution in [-0.4, -0.2) is 11.1 Å². The second-order valence-electron chi connectivity index (χ2n) is 2.00. The third-order valence-corrected chi connectivity index (χ3v) is 0.903. The van der Waals surface area contributed by atoms with Gasteiger partial charge in [-0.05, 0) is 12.1 Å². The van der Waals surface area contributed by atoms with Crippen LogP contribution in [0.1, 0.15) is 12.5 Å². The molecule has 0 unspecified atom stereocenters. The van der Waals surface area contributed by atoms with Crippen molar-refractivity contribution in [3.8, 4) is 6.07 Å². The van der Waals surface area contributed by atoms with E-state index in [9.17, 15) is 0 Å². The first-order chi connectivity index (χ1) is 5.66. The Morgan fingerprint density at radius 1 is 1.38 bits per heavy atom. The van der Waals surface area contributed by atoms with E-state index in [0.29, 0.717) is 5.56 Å². The maximum absolute atomic E-state index is 9.00. The van der Waals surface area contributed by atoms with Crippen LogP contribution >= 0.6 is 13.5 Å². The van der Waals surface area contributed by atoms with Crippen LogP contribution in [0.5, 0.6) is 0 Å². The van der Waals surface area contributed by atoms with Gasteiger partial charge in [0.1, 0.15) is 0 Å². The van der Waals surface area contributed by atoms with E-state index in [-0.39, 0.29) is 13.5 Å². The fourth-order valence-corrected chi connectivity index (χ4v) is 0.513. The minimum absolute atomic E-state index is 0. The van der Waals surface area contributed by atoms with Gasteiger partial charge < -0.3 is 5.11 Å². The second-order valence-corrected chi connectivity index (χ2v) is 2.00. The van der Waals surface area contributed by atoms with E-state index < -0.39 is 5.97 Å². The molecule has 0 bridgehead atoms. The highest BCUT2D eigenvalue weighted by Gasteiger charge is 1.79. The molecule has 0 saturated heterocycles. The largest absolute Gasteiger partial charge is 0.481 e. The van der Waals surface area contributed by atoms with Crippen molar-refractivity contribution in [3.63, 3.8) is 0 Å². The molecule has 70 valence electrons. The van der Waals surface area contributed by atoms with Crippen molar-refractivity contribution in [3.05, 3.63) is 35.9 Å². The van der Waals surface area contributed by atoms with E-state index in [2.05, 4.69) is 0 Å². The molecule has 0 aliphatic heterocycles. The summed E-state index contributed by atoms with van der Waals surface area (Å²) in [5, 5.41) is 15.7. The predicted octanol–water partition coefficient (Wildman–Crippen LogP) is 1.76. The number of carboxylic acid groups (broad SMARTS) is 1. The molecule has 0 fully saturated rings. The maximum atomic E-state index is 9.00. The fraction of sp³-hybridized carbons (Fsp3) is 0.111. The minimum Gasteiger partial charge on any atom is -0.481 e. The van der Waals surface area contributed by atoms with Gasteiger partial charge in [0.25, 0.3) is 5.97 Å². The molecule has 0 atom stereocenters. The lowest BCUT2D eigenvalue weighted by molar-refractivity contribution is -0.134. The van der Waals surface area contributed by atoms with Crippen molar-refractivity contribution >= 4 is 19.5 Å². The summed E-state index contributed by atoms with van der Waals surface area (Å²) >= 11 is 0. The summed E-state index contributed by atoms with van der Waals surface area (Å²) in [7, 11) is 0. The molecule has 13 heavy (non-hydrogen) atoms. The van der Waals surface area contributed by atoms with E-state index in [1.54, 1.807) is 12.1 Å². The quantitative estimate of drug-likeness (QED) is 0.689. The average molecular weight is 197 g/mol. The summed E-state index contributed by atoms with van der Waals surface area (Å²) in [5.74, 6) is -0.833. The van der Waals surface area contributed by atoms with Gasteiger partial charge in [-0.25, -0.2) is 0 Å². The fourth-order valence-electron chi connectivity index (χ4n) is 0.513. The van der Waals surface area contributed by atoms with Crippen LogP contribution in [0.3, 0.4) is 0 Å². The van der Waals surface area contributed by atoms with Gasteiger partial charge in [0, 0.05) is 6.92 Å². The van der Waals surface area contributed by atoms with Gasteiger partial charge in [-0.1, -0.05) is 18.2 Å². The van der Waals surface area contributed by atoms with Gasteiger partial charge in [0.05, 0.1) is 11.6 Å². The number of nitrogens with zero attached hydrogens (tertiary/aromatic N) is 1. The zero-order chi connectivity index (χ0) is 9.40. The zero-order valence-electron chi connectivity index (χ0n) is 7.19. The summed E-state index contributed by atoms with van der Waals surface area (Å²) in [6, 6.07) is 11.2. The van der Waals surface area contributed by atoms with E-state index in [1.807, 2.05) is 24.3 Å². The molecule has 1 aromatic carbocycles. The van der Waals surface area contributed by atoms with Gasteiger partial charge in [-0.3, -0.25) is 4.79 Å². The van der Waals surface area contributed by atoms with Gasteiger partial charge in [0.2, 0.25) is 0 Å². The van der Waals surface area contributed by atoms with Crippen LogP contribution in [-0.2, 0) is 4.79 Å². The van der Waals surface area contributed by atoms with Crippen molar-refractivity contribution in [2.75, 3.05) is 0 Å². The third-order valence-electron chi connectivity index (χ3n) is 0.903. The standard InChI is InChI=1S/C7H5N.C2H4O2.H2S/c8-6-7-4-2-1-3-5-7;1-2(3)4;/h1-5H;1H3,(H,3,4);1H2. The summed E-state index contributed by atoms with van der Waals surface area (Å²) in [4.78, 5) is 9.00. The number of hydrogen-bond acceptors (Lipinski definition) is 2. The number of rotatable bonds is 0. The molecule has 0 aliphatic rings. The Hall–Kier alpha value is -1.47. The summed E-state index contributed by atoms with van der Waals surface area (Å²) in [6.07, 6.45) is 0. The van der Waals surface area contributed by atoms with Crippen molar-refractivity contribution in [2.45, 2.75) is 6.92 Å². The Balaban J connectivity index is 0. The molecular formula is C9H11NO2S. The van der Waals surface area contributed by atoms with Crippen LogP contribution < -0.4 is 0 Å². The molecule has 0 amide bonds. The lowest BCUT2D eigenvalue weighted by atomic mass is 10.2. The Bertz CT molecular complexity index is 275. The Morgan fingerprint density at radius 2 is 1.77 bits per heavy atom. The molecule has 0 aliphatic carbocycles. The number of hydrogen-bond donors (Lipinski definition) is 1. The van der Waals surface area contributed by atoms with Gasteiger partial charge in [0.15, 0.2) is 0 Å². The van der Waals surface area contributed by atoms with Crippen molar-refractivity contribution in [1.82, 2.24) is 0 Å². The smallest absolute Gasteiger partial charge is 0.300 e. The SMILES string of the molecule is CC(=O)O.N#Cc1ccccc1.S. The molecule has 1 aromatic rings. The highest BCUT2D eigenvalue weighted by Crippen LogP contribution is 1.92. The van der Waals surface area contributed by atoms with Crippen LogP contribution in [0.15, 0.2) is 30.3 Å². The predicted molar refractivity (Wildman–Crippen MR) is 54.8 cm³/mol. The molecule has 0 heterocycles. The van der Waals surface area contributed by atoms with Crippen molar-refractivity contribution < 1.29 is 9.90 Å². The van der Waals surface area contributed by atoms with Crippen LogP contribution in [0, 0.1) is 11.3 Å². The second kappa shape index (κ2) is 8.62. The first kappa shape index (κ1) is 14.1. The lowest BCUT2D eigenvalue weighted by Crippen LogP contribution is -1.78. The maximum Gasteiger partial charge on any atom is 0.300 e. The number of carboxylic acids is 1. The zero-order valence-corrected chi connectivity index (χ0v) is 8.19. The molecule has 0 saturated carbocycles. The van der Waals surface area contributed by atoms with Gasteiger partial charge in [-0.2, -0.15) is 18.8 Å². The molecule has 0 radical (unpaired) electrons. The number of benzene rings is 1. The van der Waals surface area contributed by atoms with Crippen molar-refractivity contribution in [2.24, 2.45) is 0 Å². The highest BCUT2D eigenvalue weighted by molar-refractivity contribution is 7.59. The molecule has 1 rings (SSSR count). The minimum atomic E-state index is -0.833. The summed E-state index contributed by atoms with van der Waals surface area (Å²) in [5.41, 5.74) is 0.715. The van der Waals surface area contributed by atoms with E-state index in [0.717, 1.165) is 6.92 Å². The molecule has 3 nitrogen and oxygen atoms in total. The van der Waals surface area contributed by atoms with Crippen molar-refractivity contribution in [1.29, 1.82) is 5.26 Å². The van der Waals surface area contributed by atoms with Crippen LogP contribution in [0.4, 0.5) is 0 Å². The Morgan fingerprint density at radius 3 is 2.00 bits per heavy atom. The average Bonchev–Trinajstić information content (AvgIpc) is 2.05. The Labute approximate surface area is 84.1 Å². The first-order valence-corrected chi connectivity index (χ1v) is 3.31. The monoisotopic (exact) mass is 197 g/mol. The Kier molecular flexibility index (Phi) is 9.34.